The molecule has 150 valence electrons. The minimum atomic E-state index is 1.01. The number of halogens is 1. The number of hydrogen-bond acceptors (Lipinski definition) is 3. The Kier molecular flexibility index (Phi) is 5.29. The summed E-state index contributed by atoms with van der Waals surface area (Å²) in [4.78, 5) is 16.4. The standard InChI is InChI=1S/C23H26BrN5/c24-7-3-17-1-2-21-20(15-17)18(16-27-21)6-10-28-11-13-29(14-12-28)23-19-4-8-25-22(19)5-9-26-23/h1-2,4-5,8-9,15-16,25,27H,3,6-7,10-14H2. The number of aromatic amines is 2. The van der Waals surface area contributed by atoms with Gasteiger partial charge in [-0.25, -0.2) is 4.98 Å². The highest BCUT2D eigenvalue weighted by atomic mass is 79.9. The van der Waals surface area contributed by atoms with Crippen molar-refractivity contribution in [1.82, 2.24) is 19.9 Å². The molecule has 4 heterocycles. The first-order valence-electron chi connectivity index (χ1n) is 10.4. The molecular weight excluding hydrogens is 426 g/mol. The number of benzene rings is 1. The van der Waals surface area contributed by atoms with Crippen LogP contribution in [0.2, 0.25) is 0 Å². The number of aryl methyl sites for hydroxylation is 1. The van der Waals surface area contributed by atoms with E-state index in [-0.39, 0.29) is 0 Å². The van der Waals surface area contributed by atoms with Crippen LogP contribution in [0.15, 0.2) is 48.9 Å². The number of anilines is 1. The van der Waals surface area contributed by atoms with Crippen molar-refractivity contribution in [3.05, 3.63) is 60.0 Å². The molecule has 1 saturated heterocycles. The molecule has 3 aromatic heterocycles. The lowest BCUT2D eigenvalue weighted by Crippen LogP contribution is -2.47. The molecule has 1 aliphatic rings. The van der Waals surface area contributed by atoms with Gasteiger partial charge in [-0.3, -0.25) is 4.90 Å². The minimum Gasteiger partial charge on any atom is -0.361 e. The summed E-state index contributed by atoms with van der Waals surface area (Å²) >= 11 is 3.55. The largest absolute Gasteiger partial charge is 0.361 e. The first-order chi connectivity index (χ1) is 14.3. The number of pyridine rings is 1. The first kappa shape index (κ1) is 18.7. The van der Waals surface area contributed by atoms with Crippen LogP contribution in [-0.2, 0) is 12.8 Å². The number of H-pyrrole nitrogens is 2. The van der Waals surface area contributed by atoms with E-state index in [9.17, 15) is 0 Å². The lowest BCUT2D eigenvalue weighted by Gasteiger charge is -2.35. The van der Waals surface area contributed by atoms with Crippen LogP contribution in [-0.4, -0.2) is 57.9 Å². The third-order valence-corrected chi connectivity index (χ3v) is 6.44. The van der Waals surface area contributed by atoms with E-state index in [1.165, 1.54) is 27.4 Å². The van der Waals surface area contributed by atoms with Crippen molar-refractivity contribution in [3.63, 3.8) is 0 Å². The van der Waals surface area contributed by atoms with E-state index in [0.717, 1.165) is 62.2 Å². The molecule has 1 fully saturated rings. The number of rotatable bonds is 6. The second kappa shape index (κ2) is 8.20. The lowest BCUT2D eigenvalue weighted by atomic mass is 10.1. The van der Waals surface area contributed by atoms with E-state index in [2.05, 4.69) is 71.1 Å². The van der Waals surface area contributed by atoms with Gasteiger partial charge >= 0.3 is 0 Å². The van der Waals surface area contributed by atoms with Gasteiger partial charge in [-0.2, -0.15) is 0 Å². The van der Waals surface area contributed by atoms with E-state index in [1.807, 2.05) is 18.5 Å². The molecule has 4 aromatic rings. The van der Waals surface area contributed by atoms with Crippen LogP contribution in [0.4, 0.5) is 5.82 Å². The van der Waals surface area contributed by atoms with E-state index < -0.39 is 0 Å². The van der Waals surface area contributed by atoms with Gasteiger partial charge in [0.2, 0.25) is 0 Å². The van der Waals surface area contributed by atoms with E-state index in [4.69, 9.17) is 0 Å². The van der Waals surface area contributed by atoms with E-state index >= 15 is 0 Å². The van der Waals surface area contributed by atoms with Crippen LogP contribution in [0.3, 0.4) is 0 Å². The molecule has 5 nitrogen and oxygen atoms in total. The smallest absolute Gasteiger partial charge is 0.138 e. The number of hydrogen-bond donors (Lipinski definition) is 2. The quantitative estimate of drug-likeness (QED) is 0.428. The zero-order chi connectivity index (χ0) is 19.6. The predicted octanol–water partition coefficient (Wildman–Crippen LogP) is 4.35. The molecule has 2 N–H and O–H groups in total. The van der Waals surface area contributed by atoms with Gasteiger partial charge in [-0.15, -0.1) is 0 Å². The average molecular weight is 452 g/mol. The molecule has 1 aliphatic heterocycles. The van der Waals surface area contributed by atoms with Gasteiger partial charge in [-0.1, -0.05) is 22.0 Å². The van der Waals surface area contributed by atoms with Crippen molar-refractivity contribution >= 4 is 43.6 Å². The summed E-state index contributed by atoms with van der Waals surface area (Å²) in [5, 5.41) is 3.61. The van der Waals surface area contributed by atoms with Crippen molar-refractivity contribution in [1.29, 1.82) is 0 Å². The second-order valence-electron chi connectivity index (χ2n) is 7.78. The first-order valence-corrected chi connectivity index (χ1v) is 11.5. The highest BCUT2D eigenvalue weighted by Gasteiger charge is 2.20. The van der Waals surface area contributed by atoms with Crippen molar-refractivity contribution in [2.24, 2.45) is 0 Å². The number of alkyl halides is 1. The van der Waals surface area contributed by atoms with Crippen LogP contribution < -0.4 is 4.90 Å². The molecule has 0 bridgehead atoms. The van der Waals surface area contributed by atoms with Crippen LogP contribution in [0.25, 0.3) is 21.8 Å². The number of nitrogens with one attached hydrogen (secondary N) is 2. The van der Waals surface area contributed by atoms with E-state index in [0.29, 0.717) is 0 Å². The Balaban J connectivity index is 1.22. The average Bonchev–Trinajstić information content (AvgIpc) is 3.39. The number of fused-ring (bicyclic) bond motifs is 2. The van der Waals surface area contributed by atoms with Crippen LogP contribution in [0.1, 0.15) is 11.1 Å². The van der Waals surface area contributed by atoms with Crippen LogP contribution >= 0.6 is 15.9 Å². The lowest BCUT2D eigenvalue weighted by molar-refractivity contribution is 0.261. The summed E-state index contributed by atoms with van der Waals surface area (Å²) < 4.78 is 0. The molecule has 0 aliphatic carbocycles. The molecule has 1 aromatic carbocycles. The molecule has 29 heavy (non-hydrogen) atoms. The third kappa shape index (κ3) is 3.79. The van der Waals surface area contributed by atoms with Crippen LogP contribution in [0.5, 0.6) is 0 Å². The van der Waals surface area contributed by atoms with Crippen LogP contribution in [0, 0.1) is 0 Å². The van der Waals surface area contributed by atoms with Gasteiger partial charge in [0, 0.05) is 72.9 Å². The Morgan fingerprint density at radius 2 is 1.79 bits per heavy atom. The van der Waals surface area contributed by atoms with Gasteiger partial charge in [0.1, 0.15) is 5.82 Å². The highest BCUT2D eigenvalue weighted by molar-refractivity contribution is 9.09. The Hall–Kier alpha value is -2.31. The fraction of sp³-hybridized carbons (Fsp3) is 0.348. The Labute approximate surface area is 179 Å². The summed E-state index contributed by atoms with van der Waals surface area (Å²) in [5.41, 5.74) is 5.23. The molecule has 0 atom stereocenters. The molecular formula is C23H26BrN5. The SMILES string of the molecule is BrCCc1ccc2[nH]cc(CCN3CCN(c4nccc5[nH]ccc45)CC3)c2c1. The summed E-state index contributed by atoms with van der Waals surface area (Å²) in [6, 6.07) is 11.0. The number of piperazine rings is 1. The summed E-state index contributed by atoms with van der Waals surface area (Å²) in [6.45, 7) is 5.33. The molecule has 0 amide bonds. The molecule has 0 saturated carbocycles. The maximum atomic E-state index is 4.65. The molecule has 0 radical (unpaired) electrons. The molecule has 5 rings (SSSR count). The highest BCUT2D eigenvalue weighted by Crippen LogP contribution is 2.25. The monoisotopic (exact) mass is 451 g/mol. The Bertz CT molecular complexity index is 1110. The molecule has 0 unspecified atom stereocenters. The van der Waals surface area contributed by atoms with Crippen molar-refractivity contribution in [2.75, 3.05) is 43.0 Å². The maximum Gasteiger partial charge on any atom is 0.138 e. The maximum absolute atomic E-state index is 4.65. The van der Waals surface area contributed by atoms with Crippen molar-refractivity contribution in [3.8, 4) is 0 Å². The van der Waals surface area contributed by atoms with E-state index in [1.54, 1.807) is 0 Å². The fourth-order valence-electron chi connectivity index (χ4n) is 4.38. The fourth-order valence-corrected chi connectivity index (χ4v) is 4.84. The number of nitrogens with zero attached hydrogens (tertiary/aromatic N) is 3. The summed E-state index contributed by atoms with van der Waals surface area (Å²) in [7, 11) is 0. The van der Waals surface area contributed by atoms with Crippen molar-refractivity contribution in [2.45, 2.75) is 12.8 Å². The second-order valence-corrected chi connectivity index (χ2v) is 8.58. The van der Waals surface area contributed by atoms with Gasteiger partial charge < -0.3 is 14.9 Å². The Morgan fingerprint density at radius 1 is 0.931 bits per heavy atom. The van der Waals surface area contributed by atoms with Gasteiger partial charge in [0.05, 0.1) is 5.52 Å². The summed E-state index contributed by atoms with van der Waals surface area (Å²) in [6.07, 6.45) is 8.25. The topological polar surface area (TPSA) is 51.0 Å². The van der Waals surface area contributed by atoms with Crippen molar-refractivity contribution < 1.29 is 0 Å². The Morgan fingerprint density at radius 3 is 2.66 bits per heavy atom. The van der Waals surface area contributed by atoms with Gasteiger partial charge in [0.15, 0.2) is 0 Å². The zero-order valence-corrected chi connectivity index (χ0v) is 18.1. The minimum absolute atomic E-state index is 1.01. The third-order valence-electron chi connectivity index (χ3n) is 6.04. The van der Waals surface area contributed by atoms with Gasteiger partial charge in [-0.05, 0) is 48.2 Å². The molecule has 6 heteroatoms. The van der Waals surface area contributed by atoms with Gasteiger partial charge in [0.25, 0.3) is 0 Å². The molecule has 0 spiro atoms. The predicted molar refractivity (Wildman–Crippen MR) is 124 cm³/mol. The number of aromatic nitrogens is 3. The summed E-state index contributed by atoms with van der Waals surface area (Å²) in [5.74, 6) is 1.11. The normalized spacial score (nSPS) is 15.6. The zero-order valence-electron chi connectivity index (χ0n) is 16.5.